The molecule has 168 valence electrons. The molecule has 0 radical (unpaired) electrons. The van der Waals surface area contributed by atoms with Gasteiger partial charge in [0, 0.05) is 25.1 Å². The van der Waals surface area contributed by atoms with Gasteiger partial charge in [0.05, 0.1) is 16.9 Å². The van der Waals surface area contributed by atoms with Crippen molar-refractivity contribution in [2.75, 3.05) is 5.32 Å². The maximum Gasteiger partial charge on any atom is 0.387 e. The lowest BCUT2D eigenvalue weighted by Crippen LogP contribution is -2.18. The van der Waals surface area contributed by atoms with Crippen molar-refractivity contribution >= 4 is 17.4 Å². The first-order valence-electron chi connectivity index (χ1n) is 9.43. The van der Waals surface area contributed by atoms with E-state index in [2.05, 4.69) is 15.2 Å². The minimum Gasteiger partial charge on any atom is -0.435 e. The number of nitrogens with one attached hydrogen (secondary N) is 1. The molecule has 10 heteroatoms. The van der Waals surface area contributed by atoms with Crippen molar-refractivity contribution in [1.82, 2.24) is 9.78 Å². The van der Waals surface area contributed by atoms with Crippen molar-refractivity contribution in [3.8, 4) is 11.4 Å². The van der Waals surface area contributed by atoms with Gasteiger partial charge in [0.1, 0.15) is 11.4 Å². The second-order valence-corrected chi connectivity index (χ2v) is 7.07. The summed E-state index contributed by atoms with van der Waals surface area (Å²) < 4.78 is 57.4. The van der Waals surface area contributed by atoms with Crippen LogP contribution in [0.4, 0.5) is 23.2 Å². The first-order valence-corrected chi connectivity index (χ1v) is 9.43. The molecule has 0 fully saturated rings. The monoisotopic (exact) mass is 449 g/mol. The van der Waals surface area contributed by atoms with E-state index in [1.807, 2.05) is 0 Å². The second kappa shape index (κ2) is 8.81. The van der Waals surface area contributed by atoms with Gasteiger partial charge in [-0.1, -0.05) is 12.1 Å². The van der Waals surface area contributed by atoms with Crippen LogP contribution in [-0.4, -0.2) is 28.1 Å². The Hall–Kier alpha value is -3.69. The minimum absolute atomic E-state index is 0.0286. The predicted octanol–water partition coefficient (Wildman–Crippen LogP) is 5.35. The Bertz CT molecular complexity index is 1150. The zero-order valence-corrected chi connectivity index (χ0v) is 17.3. The summed E-state index contributed by atoms with van der Waals surface area (Å²) >= 11 is 0. The van der Waals surface area contributed by atoms with Gasteiger partial charge < -0.3 is 10.1 Å². The molecule has 32 heavy (non-hydrogen) atoms. The number of anilines is 1. The summed E-state index contributed by atoms with van der Waals surface area (Å²) in [5.74, 6) is -4.35. The molecule has 6 nitrogen and oxygen atoms in total. The van der Waals surface area contributed by atoms with Gasteiger partial charge >= 0.3 is 6.61 Å². The quantitative estimate of drug-likeness (QED) is 0.390. The number of ether oxygens (including phenoxy) is 1. The molecule has 0 aliphatic heterocycles. The highest BCUT2D eigenvalue weighted by Gasteiger charge is 2.27. The molecule has 1 heterocycles. The van der Waals surface area contributed by atoms with Crippen molar-refractivity contribution in [3.05, 3.63) is 71.0 Å². The van der Waals surface area contributed by atoms with Crippen LogP contribution >= 0.6 is 0 Å². The molecule has 0 saturated carbocycles. The number of nitrogens with zero attached hydrogens (tertiary/aromatic N) is 2. The summed E-state index contributed by atoms with van der Waals surface area (Å²) in [4.78, 5) is 25.3. The fourth-order valence-electron chi connectivity index (χ4n) is 3.14. The summed E-state index contributed by atoms with van der Waals surface area (Å²) in [6.45, 7) is 0.522. The molecule has 0 atom stereocenters. The molecule has 1 aromatic heterocycles. The number of aromatic nitrogens is 2. The molecular formula is C22H19F4N3O3. The van der Waals surface area contributed by atoms with E-state index in [0.717, 1.165) is 13.0 Å². The number of benzene rings is 2. The topological polar surface area (TPSA) is 73.2 Å². The highest BCUT2D eigenvalue weighted by molar-refractivity contribution is 6.12. The number of Topliss-reactive ketones (excluding diaryl/α,β-unsaturated/α-hetero) is 1. The van der Waals surface area contributed by atoms with Crippen molar-refractivity contribution in [3.63, 3.8) is 0 Å². The van der Waals surface area contributed by atoms with Crippen LogP contribution in [0.2, 0.25) is 0 Å². The first-order chi connectivity index (χ1) is 15.0. The highest BCUT2D eigenvalue weighted by Crippen LogP contribution is 2.29. The third-order valence-electron chi connectivity index (χ3n) is 4.55. The minimum atomic E-state index is -3.09. The highest BCUT2D eigenvalue weighted by atomic mass is 19.3. The van der Waals surface area contributed by atoms with E-state index >= 15 is 0 Å². The number of ketones is 1. The van der Waals surface area contributed by atoms with Crippen LogP contribution < -0.4 is 10.1 Å². The number of rotatable bonds is 7. The molecule has 2 aromatic carbocycles. The van der Waals surface area contributed by atoms with Crippen molar-refractivity contribution in [2.24, 2.45) is 0 Å². The smallest absolute Gasteiger partial charge is 0.387 e. The fourth-order valence-corrected chi connectivity index (χ4v) is 3.14. The zero-order chi connectivity index (χ0) is 23.6. The molecule has 1 amide bonds. The van der Waals surface area contributed by atoms with Crippen LogP contribution in [0.25, 0.3) is 5.69 Å². The molecule has 0 aliphatic carbocycles. The van der Waals surface area contributed by atoms with Crippen LogP contribution in [-0.2, 0) is 5.92 Å². The maximum atomic E-state index is 13.6. The predicted molar refractivity (Wildman–Crippen MR) is 109 cm³/mol. The molecule has 0 unspecified atom stereocenters. The second-order valence-electron chi connectivity index (χ2n) is 7.07. The number of amides is 1. The average molecular weight is 449 g/mol. The lowest BCUT2D eigenvalue weighted by Gasteiger charge is -2.13. The summed E-state index contributed by atoms with van der Waals surface area (Å²) in [6.07, 6.45) is 0. The zero-order valence-electron chi connectivity index (χ0n) is 17.3. The van der Waals surface area contributed by atoms with Gasteiger partial charge in [0.15, 0.2) is 5.78 Å². The Morgan fingerprint density at radius 1 is 1.12 bits per heavy atom. The number of carbonyl (C=O) groups is 2. The van der Waals surface area contributed by atoms with E-state index in [9.17, 15) is 27.2 Å². The standard InChI is InChI=1S/C22H19F4N3O3/c1-12-18(20(31)27-15-6-4-5-14(11-15)22(3,25)26)19(13(2)30)29(28-12)16-7-9-17(10-8-16)32-21(23)24/h4-11,21H,1-3H3,(H,27,31). The van der Waals surface area contributed by atoms with Crippen LogP contribution in [0.5, 0.6) is 5.75 Å². The maximum absolute atomic E-state index is 13.6. The average Bonchev–Trinajstić information content (AvgIpc) is 3.05. The number of hydrogen-bond acceptors (Lipinski definition) is 4. The Kier molecular flexibility index (Phi) is 6.33. The van der Waals surface area contributed by atoms with Gasteiger partial charge in [0.25, 0.3) is 11.8 Å². The van der Waals surface area contributed by atoms with Crippen LogP contribution in [0.3, 0.4) is 0 Å². The molecule has 3 aromatic rings. The third-order valence-corrected chi connectivity index (χ3v) is 4.55. The number of hydrogen-bond donors (Lipinski definition) is 1. The van der Waals surface area contributed by atoms with Gasteiger partial charge in [-0.05, 0) is 43.3 Å². The number of halogens is 4. The molecule has 1 N–H and O–H groups in total. The van der Waals surface area contributed by atoms with Gasteiger partial charge in [0.2, 0.25) is 0 Å². The Morgan fingerprint density at radius 2 is 1.78 bits per heavy atom. The molecular weight excluding hydrogens is 430 g/mol. The van der Waals surface area contributed by atoms with Gasteiger partial charge in [-0.15, -0.1) is 0 Å². The summed E-state index contributed by atoms with van der Waals surface area (Å²) in [7, 11) is 0. The lowest BCUT2D eigenvalue weighted by molar-refractivity contribution is -0.0498. The van der Waals surface area contributed by atoms with E-state index in [-0.39, 0.29) is 34.0 Å². The summed E-state index contributed by atoms with van der Waals surface area (Å²) in [6, 6.07) is 10.6. The van der Waals surface area contributed by atoms with Crippen molar-refractivity contribution < 1.29 is 31.9 Å². The van der Waals surface area contributed by atoms with E-state index in [4.69, 9.17) is 0 Å². The third kappa shape index (κ3) is 4.96. The molecule has 0 bridgehead atoms. The SMILES string of the molecule is CC(=O)c1c(C(=O)Nc2cccc(C(C)(F)F)c2)c(C)nn1-c1ccc(OC(F)F)cc1. The largest absolute Gasteiger partial charge is 0.435 e. The van der Waals surface area contributed by atoms with Crippen molar-refractivity contribution in [2.45, 2.75) is 33.3 Å². The van der Waals surface area contributed by atoms with Crippen molar-refractivity contribution in [1.29, 1.82) is 0 Å². The molecule has 0 aliphatic rings. The van der Waals surface area contributed by atoms with Gasteiger partial charge in [-0.25, -0.2) is 13.5 Å². The van der Waals surface area contributed by atoms with E-state index in [1.165, 1.54) is 61.0 Å². The Labute approximate surface area is 180 Å². The van der Waals surface area contributed by atoms with Crippen LogP contribution in [0, 0.1) is 6.92 Å². The number of aryl methyl sites for hydroxylation is 1. The van der Waals surface area contributed by atoms with E-state index < -0.39 is 24.2 Å². The van der Waals surface area contributed by atoms with Gasteiger partial charge in [-0.3, -0.25) is 9.59 Å². The Balaban J connectivity index is 1.97. The fraction of sp³-hybridized carbons (Fsp3) is 0.227. The van der Waals surface area contributed by atoms with E-state index in [1.54, 1.807) is 0 Å². The molecule has 0 spiro atoms. The normalized spacial score (nSPS) is 11.5. The first kappa shape index (κ1) is 23.0. The lowest BCUT2D eigenvalue weighted by atomic mass is 10.1. The number of carbonyl (C=O) groups excluding carboxylic acids is 2. The molecule has 3 rings (SSSR count). The van der Waals surface area contributed by atoms with Crippen LogP contribution in [0.1, 0.15) is 46.0 Å². The number of alkyl halides is 4. The summed E-state index contributed by atoms with van der Waals surface area (Å²) in [5.41, 5.74) is 0.340. The van der Waals surface area contributed by atoms with Gasteiger partial charge in [-0.2, -0.15) is 13.9 Å². The summed E-state index contributed by atoms with van der Waals surface area (Å²) in [5, 5.41) is 6.76. The molecule has 0 saturated heterocycles. The van der Waals surface area contributed by atoms with E-state index in [0.29, 0.717) is 5.69 Å². The Morgan fingerprint density at radius 3 is 2.34 bits per heavy atom. The van der Waals surface area contributed by atoms with Crippen LogP contribution in [0.15, 0.2) is 48.5 Å².